The summed E-state index contributed by atoms with van der Waals surface area (Å²) >= 11 is 1.83. The summed E-state index contributed by atoms with van der Waals surface area (Å²) in [4.78, 5) is 14.3. The van der Waals surface area contributed by atoms with E-state index in [1.807, 2.05) is 47.0 Å². The van der Waals surface area contributed by atoms with Gasteiger partial charge in [-0.1, -0.05) is 48.0 Å². The average molecular weight is 283 g/mol. The van der Waals surface area contributed by atoms with E-state index in [-0.39, 0.29) is 11.3 Å². The molecule has 2 aromatic carbocycles. The molecule has 0 bridgehead atoms. The number of anilines is 1. The van der Waals surface area contributed by atoms with Crippen LogP contribution in [0.5, 0.6) is 0 Å². The van der Waals surface area contributed by atoms with Gasteiger partial charge in [0, 0.05) is 17.9 Å². The van der Waals surface area contributed by atoms with Crippen molar-refractivity contribution in [1.29, 1.82) is 0 Å². The Kier molecular flexibility index (Phi) is 3.79. The molecule has 3 rings (SSSR count). The SMILES string of the molecule is Cc1ccc(N2C(=O)CCSC2c2ccccc2)cc1. The Hall–Kier alpha value is -1.74. The lowest BCUT2D eigenvalue weighted by Gasteiger charge is -2.35. The van der Waals surface area contributed by atoms with Crippen molar-refractivity contribution in [2.75, 3.05) is 10.7 Å². The van der Waals surface area contributed by atoms with E-state index in [1.54, 1.807) is 0 Å². The summed E-state index contributed by atoms with van der Waals surface area (Å²) in [5.74, 6) is 1.10. The zero-order valence-electron chi connectivity index (χ0n) is 11.5. The molecule has 1 fully saturated rings. The molecule has 0 aromatic heterocycles. The third-order valence-electron chi connectivity index (χ3n) is 3.49. The van der Waals surface area contributed by atoms with E-state index in [2.05, 4.69) is 31.2 Å². The van der Waals surface area contributed by atoms with Crippen LogP contribution in [-0.4, -0.2) is 11.7 Å². The van der Waals surface area contributed by atoms with E-state index < -0.39 is 0 Å². The summed E-state index contributed by atoms with van der Waals surface area (Å²) in [5.41, 5.74) is 3.38. The van der Waals surface area contributed by atoms with Crippen LogP contribution in [0.15, 0.2) is 54.6 Å². The number of rotatable bonds is 2. The molecule has 2 aromatic rings. The smallest absolute Gasteiger partial charge is 0.229 e. The second-order valence-corrected chi connectivity index (χ2v) is 6.17. The summed E-state index contributed by atoms with van der Waals surface area (Å²) in [6.07, 6.45) is 0.613. The molecule has 1 atom stereocenters. The summed E-state index contributed by atoms with van der Waals surface area (Å²) in [6, 6.07) is 18.5. The fourth-order valence-electron chi connectivity index (χ4n) is 2.43. The van der Waals surface area contributed by atoms with E-state index in [9.17, 15) is 4.79 Å². The van der Waals surface area contributed by atoms with Gasteiger partial charge in [-0.2, -0.15) is 0 Å². The summed E-state index contributed by atoms with van der Waals surface area (Å²) in [6.45, 7) is 2.06. The fourth-order valence-corrected chi connectivity index (χ4v) is 3.69. The van der Waals surface area contributed by atoms with Gasteiger partial charge >= 0.3 is 0 Å². The number of nitrogens with zero attached hydrogens (tertiary/aromatic N) is 1. The summed E-state index contributed by atoms with van der Waals surface area (Å²) < 4.78 is 0. The van der Waals surface area contributed by atoms with Crippen LogP contribution in [0.1, 0.15) is 22.9 Å². The zero-order valence-corrected chi connectivity index (χ0v) is 12.3. The lowest BCUT2D eigenvalue weighted by atomic mass is 10.1. The third kappa shape index (κ3) is 2.59. The molecule has 0 spiro atoms. The van der Waals surface area contributed by atoms with Gasteiger partial charge < -0.3 is 0 Å². The normalized spacial score (nSPS) is 19.1. The van der Waals surface area contributed by atoms with Gasteiger partial charge in [0.2, 0.25) is 5.91 Å². The largest absolute Gasteiger partial charge is 0.296 e. The predicted molar refractivity (Wildman–Crippen MR) is 84.9 cm³/mol. The molecule has 1 amide bonds. The first-order valence-electron chi connectivity index (χ1n) is 6.81. The van der Waals surface area contributed by atoms with Gasteiger partial charge in [-0.3, -0.25) is 9.69 Å². The van der Waals surface area contributed by atoms with Crippen molar-refractivity contribution < 1.29 is 4.79 Å². The number of hydrogen-bond donors (Lipinski definition) is 0. The van der Waals surface area contributed by atoms with Crippen molar-refractivity contribution in [3.63, 3.8) is 0 Å². The Morgan fingerprint density at radius 1 is 1.05 bits per heavy atom. The van der Waals surface area contributed by atoms with Crippen LogP contribution in [0.25, 0.3) is 0 Å². The molecule has 0 N–H and O–H groups in total. The van der Waals surface area contributed by atoms with Crippen molar-refractivity contribution in [2.45, 2.75) is 18.7 Å². The Bertz CT molecular complexity index is 594. The van der Waals surface area contributed by atoms with Crippen molar-refractivity contribution in [1.82, 2.24) is 0 Å². The number of hydrogen-bond acceptors (Lipinski definition) is 2. The molecule has 1 heterocycles. The number of carbonyl (C=O) groups is 1. The molecule has 1 saturated heterocycles. The topological polar surface area (TPSA) is 20.3 Å². The second-order valence-electron chi connectivity index (χ2n) is 4.98. The van der Waals surface area contributed by atoms with Crippen LogP contribution in [0.4, 0.5) is 5.69 Å². The maximum Gasteiger partial charge on any atom is 0.229 e. The highest BCUT2D eigenvalue weighted by Gasteiger charge is 2.30. The van der Waals surface area contributed by atoms with Crippen molar-refractivity contribution in [2.24, 2.45) is 0 Å². The van der Waals surface area contributed by atoms with Crippen molar-refractivity contribution >= 4 is 23.4 Å². The molecular weight excluding hydrogens is 266 g/mol. The number of thioether (sulfide) groups is 1. The molecule has 2 nitrogen and oxygen atoms in total. The minimum atomic E-state index is 0.0835. The molecule has 1 aliphatic heterocycles. The van der Waals surface area contributed by atoms with E-state index >= 15 is 0 Å². The van der Waals surface area contributed by atoms with Crippen LogP contribution in [-0.2, 0) is 4.79 Å². The quantitative estimate of drug-likeness (QED) is 0.824. The monoisotopic (exact) mass is 283 g/mol. The lowest BCUT2D eigenvalue weighted by molar-refractivity contribution is -0.118. The molecule has 102 valence electrons. The Balaban J connectivity index is 1.99. The molecule has 0 saturated carbocycles. The van der Waals surface area contributed by atoms with E-state index in [4.69, 9.17) is 0 Å². The number of benzene rings is 2. The number of amides is 1. The molecule has 1 unspecified atom stereocenters. The molecule has 3 heteroatoms. The van der Waals surface area contributed by atoms with E-state index in [1.165, 1.54) is 11.1 Å². The van der Waals surface area contributed by atoms with E-state index in [0.717, 1.165) is 11.4 Å². The van der Waals surface area contributed by atoms with Gasteiger partial charge in [-0.05, 0) is 24.6 Å². The van der Waals surface area contributed by atoms with Crippen LogP contribution < -0.4 is 4.90 Å². The Labute approximate surface area is 123 Å². The standard InChI is InChI=1S/C17H17NOS/c1-13-7-9-15(10-8-13)18-16(19)11-12-20-17(18)14-5-3-2-4-6-14/h2-10,17H,11-12H2,1H3. The van der Waals surface area contributed by atoms with Gasteiger partial charge in [-0.25, -0.2) is 0 Å². The maximum absolute atomic E-state index is 12.4. The Morgan fingerprint density at radius 2 is 1.75 bits per heavy atom. The molecule has 1 aliphatic rings. The number of aryl methyl sites for hydroxylation is 1. The second kappa shape index (κ2) is 5.71. The highest BCUT2D eigenvalue weighted by atomic mass is 32.2. The zero-order chi connectivity index (χ0) is 13.9. The first kappa shape index (κ1) is 13.3. The average Bonchev–Trinajstić information content (AvgIpc) is 2.49. The van der Waals surface area contributed by atoms with Crippen LogP contribution in [0.2, 0.25) is 0 Å². The molecule has 0 aliphatic carbocycles. The van der Waals surface area contributed by atoms with Crippen LogP contribution in [0, 0.1) is 6.92 Å². The van der Waals surface area contributed by atoms with Gasteiger partial charge in [-0.15, -0.1) is 11.8 Å². The molecular formula is C17H17NOS. The fraction of sp³-hybridized carbons (Fsp3) is 0.235. The van der Waals surface area contributed by atoms with Gasteiger partial charge in [0.05, 0.1) is 0 Å². The first-order chi connectivity index (χ1) is 9.75. The van der Waals surface area contributed by atoms with Crippen molar-refractivity contribution in [3.8, 4) is 0 Å². The van der Waals surface area contributed by atoms with Gasteiger partial charge in [0.1, 0.15) is 5.37 Å². The minimum absolute atomic E-state index is 0.0835. The third-order valence-corrected chi connectivity index (χ3v) is 4.73. The van der Waals surface area contributed by atoms with Gasteiger partial charge in [0.15, 0.2) is 0 Å². The maximum atomic E-state index is 12.4. The van der Waals surface area contributed by atoms with E-state index in [0.29, 0.717) is 6.42 Å². The molecule has 0 radical (unpaired) electrons. The Morgan fingerprint density at radius 3 is 2.45 bits per heavy atom. The van der Waals surface area contributed by atoms with Crippen LogP contribution in [0.3, 0.4) is 0 Å². The predicted octanol–water partition coefficient (Wildman–Crippen LogP) is 4.16. The van der Waals surface area contributed by atoms with Crippen LogP contribution >= 0.6 is 11.8 Å². The highest BCUT2D eigenvalue weighted by Crippen LogP contribution is 2.40. The summed E-state index contributed by atoms with van der Waals surface area (Å²) in [7, 11) is 0. The van der Waals surface area contributed by atoms with Gasteiger partial charge in [0.25, 0.3) is 0 Å². The molecule has 20 heavy (non-hydrogen) atoms. The first-order valence-corrected chi connectivity index (χ1v) is 7.86. The lowest BCUT2D eigenvalue weighted by Crippen LogP contribution is -2.37. The summed E-state index contributed by atoms with van der Waals surface area (Å²) in [5, 5.41) is 0.0835. The minimum Gasteiger partial charge on any atom is -0.296 e. The number of carbonyl (C=O) groups excluding carboxylic acids is 1. The van der Waals surface area contributed by atoms with Crippen molar-refractivity contribution in [3.05, 3.63) is 65.7 Å². The highest BCUT2D eigenvalue weighted by molar-refractivity contribution is 7.99.